The van der Waals surface area contributed by atoms with E-state index in [2.05, 4.69) is 53.2 Å². The maximum atomic E-state index is 11.4. The number of aryl methyl sites for hydroxylation is 1. The Kier molecular flexibility index (Phi) is 5.17. The van der Waals surface area contributed by atoms with Crippen LogP contribution in [0.1, 0.15) is 47.2 Å². The van der Waals surface area contributed by atoms with E-state index in [-0.39, 0.29) is 12.0 Å². The van der Waals surface area contributed by atoms with Gasteiger partial charge < -0.3 is 15.0 Å². The predicted octanol–water partition coefficient (Wildman–Crippen LogP) is 3.21. The second-order valence-electron chi connectivity index (χ2n) is 5.09. The number of ether oxygens (including phenoxy) is 1. The first-order chi connectivity index (χ1) is 10.1. The van der Waals surface area contributed by atoms with E-state index < -0.39 is 0 Å². The number of methoxy groups -OCH3 is 1. The lowest BCUT2D eigenvalue weighted by molar-refractivity contribution is 0.0594. The van der Waals surface area contributed by atoms with Gasteiger partial charge in [0.05, 0.1) is 7.11 Å². The zero-order chi connectivity index (χ0) is 15.2. The fourth-order valence-corrected chi connectivity index (χ4v) is 2.20. The molecule has 112 valence electrons. The van der Waals surface area contributed by atoms with Crippen LogP contribution in [0.3, 0.4) is 0 Å². The maximum Gasteiger partial charge on any atom is 0.354 e. The van der Waals surface area contributed by atoms with Crippen LogP contribution < -0.4 is 5.32 Å². The number of aromatic nitrogens is 1. The van der Waals surface area contributed by atoms with Crippen LogP contribution in [-0.2, 0) is 17.7 Å². The van der Waals surface area contributed by atoms with E-state index in [1.165, 1.54) is 18.2 Å². The van der Waals surface area contributed by atoms with E-state index in [0.29, 0.717) is 12.2 Å². The molecule has 0 saturated carbocycles. The SMILES string of the molecule is CCc1ccc(C(C)NCc2ccc(C(=O)OC)[nH]2)cc1. The second kappa shape index (κ2) is 7.09. The average molecular weight is 286 g/mol. The Morgan fingerprint density at radius 3 is 2.57 bits per heavy atom. The van der Waals surface area contributed by atoms with Gasteiger partial charge >= 0.3 is 5.97 Å². The Bertz CT molecular complexity index is 587. The molecule has 0 aliphatic heterocycles. The normalized spacial score (nSPS) is 12.1. The molecule has 1 atom stereocenters. The molecule has 2 rings (SSSR count). The number of H-pyrrole nitrogens is 1. The molecule has 0 aliphatic rings. The minimum absolute atomic E-state index is 0.251. The van der Waals surface area contributed by atoms with Gasteiger partial charge in [0, 0.05) is 18.3 Å². The van der Waals surface area contributed by atoms with Crippen molar-refractivity contribution in [3.05, 3.63) is 58.9 Å². The molecular formula is C17H22N2O2. The topological polar surface area (TPSA) is 54.1 Å². The van der Waals surface area contributed by atoms with Gasteiger partial charge in [0.25, 0.3) is 0 Å². The van der Waals surface area contributed by atoms with Gasteiger partial charge in [-0.1, -0.05) is 31.2 Å². The number of aromatic amines is 1. The number of carbonyl (C=O) groups excluding carboxylic acids is 1. The van der Waals surface area contributed by atoms with Gasteiger partial charge in [0.15, 0.2) is 0 Å². The van der Waals surface area contributed by atoms with Crippen LogP contribution in [0.4, 0.5) is 0 Å². The van der Waals surface area contributed by atoms with Crippen LogP contribution in [-0.4, -0.2) is 18.1 Å². The summed E-state index contributed by atoms with van der Waals surface area (Å²) in [6.07, 6.45) is 1.06. The van der Waals surface area contributed by atoms with Crippen molar-refractivity contribution in [2.45, 2.75) is 32.9 Å². The highest BCUT2D eigenvalue weighted by Gasteiger charge is 2.09. The van der Waals surface area contributed by atoms with Gasteiger partial charge in [0.2, 0.25) is 0 Å². The third-order valence-corrected chi connectivity index (χ3v) is 3.64. The van der Waals surface area contributed by atoms with E-state index in [1.807, 2.05) is 6.07 Å². The van der Waals surface area contributed by atoms with Gasteiger partial charge in [-0.25, -0.2) is 4.79 Å². The van der Waals surface area contributed by atoms with Crippen molar-refractivity contribution in [1.29, 1.82) is 0 Å². The molecule has 2 N–H and O–H groups in total. The molecule has 0 amide bonds. The van der Waals surface area contributed by atoms with Crippen molar-refractivity contribution >= 4 is 5.97 Å². The molecule has 0 saturated heterocycles. The van der Waals surface area contributed by atoms with E-state index >= 15 is 0 Å². The predicted molar refractivity (Wildman–Crippen MR) is 83.2 cm³/mol. The van der Waals surface area contributed by atoms with Crippen LogP contribution in [0.5, 0.6) is 0 Å². The van der Waals surface area contributed by atoms with Crippen LogP contribution in [0, 0.1) is 0 Å². The Labute approximate surface area is 125 Å². The zero-order valence-corrected chi connectivity index (χ0v) is 12.8. The minimum atomic E-state index is -0.343. The number of rotatable bonds is 6. The van der Waals surface area contributed by atoms with Crippen molar-refractivity contribution in [1.82, 2.24) is 10.3 Å². The molecule has 2 aromatic rings. The number of esters is 1. The van der Waals surface area contributed by atoms with Gasteiger partial charge in [-0.2, -0.15) is 0 Å². The third kappa shape index (κ3) is 3.95. The summed E-state index contributed by atoms with van der Waals surface area (Å²) in [5.41, 5.74) is 4.05. The summed E-state index contributed by atoms with van der Waals surface area (Å²) < 4.78 is 4.68. The number of hydrogen-bond donors (Lipinski definition) is 2. The average Bonchev–Trinajstić information content (AvgIpc) is 3.01. The number of carbonyl (C=O) groups is 1. The lowest BCUT2D eigenvalue weighted by Gasteiger charge is -2.14. The summed E-state index contributed by atoms with van der Waals surface area (Å²) in [6, 6.07) is 12.5. The molecule has 4 nitrogen and oxygen atoms in total. The monoisotopic (exact) mass is 286 g/mol. The summed E-state index contributed by atoms with van der Waals surface area (Å²) in [5, 5.41) is 3.44. The van der Waals surface area contributed by atoms with Crippen LogP contribution in [0.2, 0.25) is 0 Å². The molecule has 0 bridgehead atoms. The molecule has 1 unspecified atom stereocenters. The largest absolute Gasteiger partial charge is 0.464 e. The van der Waals surface area contributed by atoms with Crippen molar-refractivity contribution in [3.63, 3.8) is 0 Å². The van der Waals surface area contributed by atoms with E-state index in [9.17, 15) is 4.79 Å². The lowest BCUT2D eigenvalue weighted by atomic mass is 10.1. The first-order valence-electron chi connectivity index (χ1n) is 7.22. The Hall–Kier alpha value is -2.07. The molecule has 0 spiro atoms. The third-order valence-electron chi connectivity index (χ3n) is 3.64. The van der Waals surface area contributed by atoms with Gasteiger partial charge in [-0.15, -0.1) is 0 Å². The molecule has 1 heterocycles. The minimum Gasteiger partial charge on any atom is -0.464 e. The van der Waals surface area contributed by atoms with Crippen LogP contribution in [0.25, 0.3) is 0 Å². The molecule has 1 aromatic carbocycles. The maximum absolute atomic E-state index is 11.4. The Morgan fingerprint density at radius 2 is 1.95 bits per heavy atom. The summed E-state index contributed by atoms with van der Waals surface area (Å²) >= 11 is 0. The molecular weight excluding hydrogens is 264 g/mol. The molecule has 21 heavy (non-hydrogen) atoms. The van der Waals surface area contributed by atoms with Gasteiger partial charge in [-0.3, -0.25) is 0 Å². The standard InChI is InChI=1S/C17H22N2O2/c1-4-13-5-7-14(8-6-13)12(2)18-11-15-9-10-16(19-15)17(20)21-3/h5-10,12,18-19H,4,11H2,1-3H3. The highest BCUT2D eigenvalue weighted by atomic mass is 16.5. The highest BCUT2D eigenvalue weighted by molar-refractivity contribution is 5.87. The van der Waals surface area contributed by atoms with E-state index in [0.717, 1.165) is 12.1 Å². The Balaban J connectivity index is 1.92. The first-order valence-corrected chi connectivity index (χ1v) is 7.22. The summed E-state index contributed by atoms with van der Waals surface area (Å²) in [5.74, 6) is -0.343. The van der Waals surface area contributed by atoms with Crippen molar-refractivity contribution in [2.75, 3.05) is 7.11 Å². The number of benzene rings is 1. The summed E-state index contributed by atoms with van der Waals surface area (Å²) in [6.45, 7) is 4.96. The van der Waals surface area contributed by atoms with Crippen LogP contribution in [0.15, 0.2) is 36.4 Å². The second-order valence-corrected chi connectivity index (χ2v) is 5.09. The van der Waals surface area contributed by atoms with Gasteiger partial charge in [0.1, 0.15) is 5.69 Å². The quantitative estimate of drug-likeness (QED) is 0.802. The number of hydrogen-bond acceptors (Lipinski definition) is 3. The van der Waals surface area contributed by atoms with E-state index in [4.69, 9.17) is 0 Å². The smallest absolute Gasteiger partial charge is 0.354 e. The van der Waals surface area contributed by atoms with E-state index in [1.54, 1.807) is 6.07 Å². The first kappa shape index (κ1) is 15.3. The zero-order valence-electron chi connectivity index (χ0n) is 12.8. The molecule has 0 radical (unpaired) electrons. The van der Waals surface area contributed by atoms with Crippen molar-refractivity contribution < 1.29 is 9.53 Å². The highest BCUT2D eigenvalue weighted by Crippen LogP contribution is 2.14. The summed E-state index contributed by atoms with van der Waals surface area (Å²) in [7, 11) is 1.38. The fraction of sp³-hybridized carbons (Fsp3) is 0.353. The van der Waals surface area contributed by atoms with Crippen molar-refractivity contribution in [2.24, 2.45) is 0 Å². The lowest BCUT2D eigenvalue weighted by Crippen LogP contribution is -2.18. The fourth-order valence-electron chi connectivity index (χ4n) is 2.20. The number of nitrogens with one attached hydrogen (secondary N) is 2. The molecule has 1 aromatic heterocycles. The molecule has 0 aliphatic carbocycles. The van der Waals surface area contributed by atoms with Gasteiger partial charge in [-0.05, 0) is 36.6 Å². The van der Waals surface area contributed by atoms with Crippen molar-refractivity contribution in [3.8, 4) is 0 Å². The molecule has 4 heteroatoms. The summed E-state index contributed by atoms with van der Waals surface area (Å²) in [4.78, 5) is 14.4. The van der Waals surface area contributed by atoms with Crippen LogP contribution >= 0.6 is 0 Å². The molecule has 0 fully saturated rings. The Morgan fingerprint density at radius 1 is 1.24 bits per heavy atom.